The Labute approximate surface area is 168 Å². The highest BCUT2D eigenvalue weighted by Gasteiger charge is 2.26. The fourth-order valence-corrected chi connectivity index (χ4v) is 4.52. The normalized spacial score (nSPS) is 17.4. The smallest absolute Gasteiger partial charge is 0.240 e. The molecule has 0 aromatic heterocycles. The quantitative estimate of drug-likeness (QED) is 0.768. The number of nitrogens with one attached hydrogen (secondary N) is 1. The van der Waals surface area contributed by atoms with Crippen molar-refractivity contribution in [2.24, 2.45) is 0 Å². The minimum atomic E-state index is -3.53. The second kappa shape index (κ2) is 9.05. The molecular weight excluding hydrogens is 372 g/mol. The van der Waals surface area contributed by atoms with Crippen molar-refractivity contribution in [3.8, 4) is 0 Å². The van der Waals surface area contributed by atoms with Crippen molar-refractivity contribution in [2.45, 2.75) is 10.9 Å². The van der Waals surface area contributed by atoms with Gasteiger partial charge >= 0.3 is 0 Å². The molecule has 1 atom stereocenters. The van der Waals surface area contributed by atoms with Crippen molar-refractivity contribution in [1.29, 1.82) is 0 Å². The monoisotopic (exact) mass is 402 g/mol. The van der Waals surface area contributed by atoms with Crippen LogP contribution in [0.1, 0.15) is 11.6 Å². The van der Waals surface area contributed by atoms with E-state index in [1.54, 1.807) is 24.3 Å². The molecule has 0 bridgehead atoms. The SMILES string of the molecule is CN1CCN([C@H](CNS(=O)(=O)c2ccccc2)c2ccc(N(C)C)cc2)CC1. The Morgan fingerprint density at radius 3 is 2.14 bits per heavy atom. The minimum Gasteiger partial charge on any atom is -0.378 e. The number of benzene rings is 2. The summed E-state index contributed by atoms with van der Waals surface area (Å²) < 4.78 is 28.2. The van der Waals surface area contributed by atoms with Crippen LogP contribution in [-0.2, 0) is 10.0 Å². The summed E-state index contributed by atoms with van der Waals surface area (Å²) in [5.74, 6) is 0. The molecule has 1 N–H and O–H groups in total. The molecule has 3 rings (SSSR count). The third-order valence-corrected chi connectivity index (χ3v) is 6.73. The Morgan fingerprint density at radius 1 is 0.964 bits per heavy atom. The van der Waals surface area contributed by atoms with Crippen LogP contribution in [0.4, 0.5) is 5.69 Å². The minimum absolute atomic E-state index is 0.00315. The molecule has 0 amide bonds. The lowest BCUT2D eigenvalue weighted by molar-refractivity contribution is 0.113. The van der Waals surface area contributed by atoms with Gasteiger partial charge in [-0.05, 0) is 36.9 Å². The van der Waals surface area contributed by atoms with Crippen molar-refractivity contribution in [3.05, 3.63) is 60.2 Å². The number of anilines is 1. The van der Waals surface area contributed by atoms with Gasteiger partial charge in [0.15, 0.2) is 0 Å². The van der Waals surface area contributed by atoms with Gasteiger partial charge in [0.2, 0.25) is 10.0 Å². The van der Waals surface area contributed by atoms with Crippen LogP contribution in [0.2, 0.25) is 0 Å². The van der Waals surface area contributed by atoms with Gasteiger partial charge in [-0.25, -0.2) is 13.1 Å². The molecular formula is C21H30N4O2S. The molecule has 0 saturated carbocycles. The third kappa shape index (κ3) is 5.11. The van der Waals surface area contributed by atoms with Crippen LogP contribution < -0.4 is 9.62 Å². The summed E-state index contributed by atoms with van der Waals surface area (Å²) >= 11 is 0. The second-order valence-electron chi connectivity index (χ2n) is 7.51. The van der Waals surface area contributed by atoms with Gasteiger partial charge in [-0.2, -0.15) is 0 Å². The highest BCUT2D eigenvalue weighted by molar-refractivity contribution is 7.89. The predicted octanol–water partition coefficient (Wildman–Crippen LogP) is 2.02. The van der Waals surface area contributed by atoms with E-state index in [9.17, 15) is 8.42 Å². The lowest BCUT2D eigenvalue weighted by Crippen LogP contribution is -2.48. The summed E-state index contributed by atoms with van der Waals surface area (Å²) in [6, 6.07) is 16.9. The molecule has 0 spiro atoms. The van der Waals surface area contributed by atoms with E-state index in [-0.39, 0.29) is 6.04 Å². The van der Waals surface area contributed by atoms with E-state index in [1.807, 2.05) is 20.2 Å². The average molecular weight is 403 g/mol. The van der Waals surface area contributed by atoms with Crippen molar-refractivity contribution in [2.75, 3.05) is 58.8 Å². The van der Waals surface area contributed by atoms with E-state index in [0.29, 0.717) is 11.4 Å². The predicted molar refractivity (Wildman–Crippen MR) is 114 cm³/mol. The number of hydrogen-bond donors (Lipinski definition) is 1. The molecule has 0 unspecified atom stereocenters. The molecule has 2 aromatic carbocycles. The van der Waals surface area contributed by atoms with E-state index in [0.717, 1.165) is 37.4 Å². The van der Waals surface area contributed by atoms with E-state index in [4.69, 9.17) is 0 Å². The maximum Gasteiger partial charge on any atom is 0.240 e. The van der Waals surface area contributed by atoms with Crippen molar-refractivity contribution < 1.29 is 8.42 Å². The molecule has 1 fully saturated rings. The summed E-state index contributed by atoms with van der Waals surface area (Å²) in [5.41, 5.74) is 2.26. The van der Waals surface area contributed by atoms with Gasteiger partial charge in [0, 0.05) is 58.5 Å². The van der Waals surface area contributed by atoms with Crippen LogP contribution in [0, 0.1) is 0 Å². The molecule has 152 valence electrons. The first-order valence-electron chi connectivity index (χ1n) is 9.61. The zero-order valence-electron chi connectivity index (χ0n) is 16.9. The first-order chi connectivity index (χ1) is 13.4. The van der Waals surface area contributed by atoms with E-state index in [2.05, 4.69) is 50.7 Å². The molecule has 2 aromatic rings. The number of nitrogens with zero attached hydrogens (tertiary/aromatic N) is 3. The van der Waals surface area contributed by atoms with Gasteiger partial charge in [0.1, 0.15) is 0 Å². The van der Waals surface area contributed by atoms with Gasteiger partial charge in [-0.15, -0.1) is 0 Å². The molecule has 1 saturated heterocycles. The first kappa shape index (κ1) is 20.8. The van der Waals surface area contributed by atoms with Gasteiger partial charge < -0.3 is 9.80 Å². The molecule has 1 aliphatic heterocycles. The van der Waals surface area contributed by atoms with Gasteiger partial charge in [-0.1, -0.05) is 30.3 Å². The van der Waals surface area contributed by atoms with Crippen molar-refractivity contribution in [3.63, 3.8) is 0 Å². The number of piperazine rings is 1. The van der Waals surface area contributed by atoms with Crippen LogP contribution in [0.15, 0.2) is 59.5 Å². The van der Waals surface area contributed by atoms with Crippen LogP contribution in [0.25, 0.3) is 0 Å². The maximum atomic E-state index is 12.7. The second-order valence-corrected chi connectivity index (χ2v) is 9.27. The van der Waals surface area contributed by atoms with Crippen LogP contribution >= 0.6 is 0 Å². The Balaban J connectivity index is 1.80. The molecule has 0 aliphatic carbocycles. The molecule has 6 nitrogen and oxygen atoms in total. The molecule has 0 radical (unpaired) electrons. The van der Waals surface area contributed by atoms with Gasteiger partial charge in [-0.3, -0.25) is 4.90 Å². The van der Waals surface area contributed by atoms with E-state index >= 15 is 0 Å². The fourth-order valence-electron chi connectivity index (χ4n) is 3.46. The largest absolute Gasteiger partial charge is 0.378 e. The maximum absolute atomic E-state index is 12.7. The van der Waals surface area contributed by atoms with Gasteiger partial charge in [0.05, 0.1) is 4.90 Å². The standard InChI is InChI=1S/C21H30N4O2S/c1-23(2)19-11-9-18(10-12-19)21(25-15-13-24(3)14-16-25)17-22-28(26,27)20-7-5-4-6-8-20/h4-12,21-22H,13-17H2,1-3H3/t21-/m1/s1. The highest BCUT2D eigenvalue weighted by Crippen LogP contribution is 2.24. The summed E-state index contributed by atoms with van der Waals surface area (Å²) in [7, 11) is 2.62. The highest BCUT2D eigenvalue weighted by atomic mass is 32.2. The molecule has 1 aliphatic rings. The Kier molecular flexibility index (Phi) is 6.72. The first-order valence-corrected chi connectivity index (χ1v) is 11.1. The Hall–Kier alpha value is -1.93. The summed E-state index contributed by atoms with van der Waals surface area (Å²) in [5, 5.41) is 0. The van der Waals surface area contributed by atoms with Crippen molar-refractivity contribution >= 4 is 15.7 Å². The van der Waals surface area contributed by atoms with Gasteiger partial charge in [0.25, 0.3) is 0 Å². The Bertz CT molecular complexity index is 846. The Morgan fingerprint density at radius 2 is 1.57 bits per heavy atom. The van der Waals surface area contributed by atoms with Crippen LogP contribution in [0.5, 0.6) is 0 Å². The van der Waals surface area contributed by atoms with Crippen molar-refractivity contribution in [1.82, 2.24) is 14.5 Å². The molecule has 7 heteroatoms. The number of hydrogen-bond acceptors (Lipinski definition) is 5. The molecule has 28 heavy (non-hydrogen) atoms. The zero-order valence-corrected chi connectivity index (χ0v) is 17.7. The zero-order chi connectivity index (χ0) is 20.1. The number of sulfonamides is 1. The van der Waals surface area contributed by atoms with Crippen LogP contribution in [0.3, 0.4) is 0 Å². The summed E-state index contributed by atoms with van der Waals surface area (Å²) in [4.78, 5) is 7.04. The van der Waals surface area contributed by atoms with Crippen LogP contribution in [-0.4, -0.2) is 72.1 Å². The number of rotatable bonds is 7. The summed E-state index contributed by atoms with van der Waals surface area (Å²) in [6.07, 6.45) is 0. The topological polar surface area (TPSA) is 55.9 Å². The average Bonchev–Trinajstić information content (AvgIpc) is 2.70. The fraction of sp³-hybridized carbons (Fsp3) is 0.429. The van der Waals surface area contributed by atoms with E-state index in [1.165, 1.54) is 0 Å². The number of likely N-dealkylation sites (N-methyl/N-ethyl adjacent to an activating group) is 1. The lowest BCUT2D eigenvalue weighted by Gasteiger charge is -2.38. The molecule has 1 heterocycles. The summed E-state index contributed by atoms with van der Waals surface area (Å²) in [6.45, 7) is 4.16. The van der Waals surface area contributed by atoms with E-state index < -0.39 is 10.0 Å². The lowest BCUT2D eigenvalue weighted by atomic mass is 10.0. The third-order valence-electron chi connectivity index (χ3n) is 5.29.